The minimum absolute atomic E-state index is 0.0987. The molecule has 0 bridgehead atoms. The van der Waals surface area contributed by atoms with Crippen LogP contribution in [0.3, 0.4) is 0 Å². The molecule has 3 aromatic rings. The van der Waals surface area contributed by atoms with Crippen LogP contribution >= 0.6 is 0 Å². The molecule has 4 rings (SSSR count). The molecule has 6 nitrogen and oxygen atoms in total. The van der Waals surface area contributed by atoms with Gasteiger partial charge < -0.3 is 19.4 Å². The Balaban J connectivity index is 1.38. The fraction of sp³-hybridized carbons (Fsp3) is 0.217. The molecule has 2 heterocycles. The summed E-state index contributed by atoms with van der Waals surface area (Å²) in [6.45, 7) is 0.803. The summed E-state index contributed by atoms with van der Waals surface area (Å²) in [5.41, 5.74) is 1.35. The van der Waals surface area contributed by atoms with Crippen LogP contribution in [0, 0.1) is 5.82 Å². The minimum Gasteiger partial charge on any atom is -0.486 e. The topological polar surface area (TPSA) is 71.8 Å². The number of hydrogen-bond donors (Lipinski definition) is 1. The second kappa shape index (κ2) is 8.82. The zero-order chi connectivity index (χ0) is 20.9. The molecule has 2 amide bonds. The van der Waals surface area contributed by atoms with Gasteiger partial charge in [-0.05, 0) is 67.4 Å². The van der Waals surface area contributed by atoms with Gasteiger partial charge in [0.05, 0.1) is 0 Å². The van der Waals surface area contributed by atoms with Gasteiger partial charge in [0.1, 0.15) is 23.9 Å². The quantitative estimate of drug-likeness (QED) is 0.638. The van der Waals surface area contributed by atoms with Gasteiger partial charge in [0, 0.05) is 24.3 Å². The number of nitrogens with one attached hydrogen (secondary N) is 1. The number of carbonyl (C=O) groups is 2. The maximum Gasteiger partial charge on any atom is 0.291 e. The lowest BCUT2D eigenvalue weighted by Gasteiger charge is -2.27. The lowest BCUT2D eigenvalue weighted by atomic mass is 10.1. The average molecular weight is 408 g/mol. The van der Waals surface area contributed by atoms with Gasteiger partial charge in [-0.1, -0.05) is 6.07 Å². The molecule has 1 aliphatic heterocycles. The van der Waals surface area contributed by atoms with E-state index in [1.165, 1.54) is 24.3 Å². The highest BCUT2D eigenvalue weighted by atomic mass is 19.1. The first-order valence-corrected chi connectivity index (χ1v) is 9.77. The van der Waals surface area contributed by atoms with Crippen molar-refractivity contribution in [2.75, 3.05) is 16.8 Å². The summed E-state index contributed by atoms with van der Waals surface area (Å²) in [4.78, 5) is 26.4. The molecular weight excluding hydrogens is 387 g/mol. The van der Waals surface area contributed by atoms with Crippen molar-refractivity contribution < 1.29 is 23.1 Å². The van der Waals surface area contributed by atoms with E-state index in [-0.39, 0.29) is 24.1 Å². The molecule has 0 saturated carbocycles. The lowest BCUT2D eigenvalue weighted by Crippen LogP contribution is -2.35. The van der Waals surface area contributed by atoms with Crippen molar-refractivity contribution in [1.82, 2.24) is 0 Å². The number of piperidine rings is 1. The van der Waals surface area contributed by atoms with Crippen LogP contribution in [0.15, 0.2) is 65.1 Å². The fourth-order valence-corrected chi connectivity index (χ4v) is 3.29. The molecule has 7 heteroatoms. The Morgan fingerprint density at radius 3 is 2.73 bits per heavy atom. The second-order valence-electron chi connectivity index (χ2n) is 7.02. The molecule has 0 unspecified atom stereocenters. The lowest BCUT2D eigenvalue weighted by molar-refractivity contribution is -0.119. The summed E-state index contributed by atoms with van der Waals surface area (Å²) >= 11 is 0. The molecule has 2 aromatic carbocycles. The molecular formula is C23H21FN2O4. The Morgan fingerprint density at radius 1 is 1.10 bits per heavy atom. The Labute approximate surface area is 173 Å². The highest BCUT2D eigenvalue weighted by Gasteiger charge is 2.20. The third-order valence-electron chi connectivity index (χ3n) is 4.82. The van der Waals surface area contributed by atoms with Crippen molar-refractivity contribution in [3.63, 3.8) is 0 Å². The maximum absolute atomic E-state index is 12.9. The van der Waals surface area contributed by atoms with Crippen molar-refractivity contribution >= 4 is 23.2 Å². The normalized spacial score (nSPS) is 13.9. The summed E-state index contributed by atoms with van der Waals surface area (Å²) in [7, 11) is 0. The van der Waals surface area contributed by atoms with Crippen molar-refractivity contribution in [1.29, 1.82) is 0 Å². The molecule has 1 fully saturated rings. The van der Waals surface area contributed by atoms with E-state index in [1.54, 1.807) is 35.2 Å². The molecule has 1 saturated heterocycles. The maximum atomic E-state index is 12.9. The molecule has 0 spiro atoms. The van der Waals surface area contributed by atoms with Gasteiger partial charge in [0.15, 0.2) is 5.76 Å². The number of anilines is 2. The second-order valence-corrected chi connectivity index (χ2v) is 7.02. The molecule has 0 aliphatic carbocycles. The third-order valence-corrected chi connectivity index (χ3v) is 4.82. The Hall–Kier alpha value is -3.61. The van der Waals surface area contributed by atoms with Crippen LogP contribution in [0.4, 0.5) is 15.8 Å². The van der Waals surface area contributed by atoms with E-state index >= 15 is 0 Å². The monoisotopic (exact) mass is 408 g/mol. The molecule has 154 valence electrons. The van der Waals surface area contributed by atoms with Gasteiger partial charge in [0.25, 0.3) is 5.91 Å². The summed E-state index contributed by atoms with van der Waals surface area (Å²) in [5.74, 6) is 0.479. The third kappa shape index (κ3) is 4.68. The number of amides is 2. The number of carbonyl (C=O) groups excluding carboxylic acids is 2. The number of rotatable bonds is 6. The number of benzene rings is 2. The smallest absolute Gasteiger partial charge is 0.291 e. The van der Waals surface area contributed by atoms with Crippen LogP contribution in [0.2, 0.25) is 0 Å². The van der Waals surface area contributed by atoms with E-state index < -0.39 is 5.91 Å². The highest BCUT2D eigenvalue weighted by molar-refractivity contribution is 6.03. The van der Waals surface area contributed by atoms with Gasteiger partial charge in [-0.3, -0.25) is 9.59 Å². The standard InChI is InChI=1S/C23H21FN2O4/c24-16-7-9-19(10-8-16)29-15-20-11-12-21(30-20)23(28)25-17-4-3-5-18(14-17)26-13-2-1-6-22(26)27/h3-5,7-12,14H,1-2,6,13,15H2,(H,25,28). The van der Waals surface area contributed by atoms with Gasteiger partial charge in [-0.2, -0.15) is 0 Å². The Bertz CT molecular complexity index is 1050. The predicted octanol–water partition coefficient (Wildman–Crippen LogP) is 4.77. The zero-order valence-electron chi connectivity index (χ0n) is 16.3. The van der Waals surface area contributed by atoms with Crippen LogP contribution in [0.5, 0.6) is 5.75 Å². The number of nitrogens with zero attached hydrogens (tertiary/aromatic N) is 1. The molecule has 30 heavy (non-hydrogen) atoms. The summed E-state index contributed by atoms with van der Waals surface area (Å²) in [6, 6.07) is 16.1. The van der Waals surface area contributed by atoms with Crippen molar-refractivity contribution in [3.8, 4) is 5.75 Å². The van der Waals surface area contributed by atoms with Gasteiger partial charge in [-0.25, -0.2) is 4.39 Å². The largest absolute Gasteiger partial charge is 0.486 e. The Morgan fingerprint density at radius 2 is 1.93 bits per heavy atom. The fourth-order valence-electron chi connectivity index (χ4n) is 3.29. The van der Waals surface area contributed by atoms with E-state index in [0.29, 0.717) is 30.2 Å². The van der Waals surface area contributed by atoms with Crippen molar-refractivity contribution in [2.24, 2.45) is 0 Å². The van der Waals surface area contributed by atoms with Crippen molar-refractivity contribution in [3.05, 3.63) is 78.0 Å². The first kappa shape index (κ1) is 19.7. The van der Waals surface area contributed by atoms with Crippen LogP contribution < -0.4 is 15.0 Å². The molecule has 0 radical (unpaired) electrons. The molecule has 1 N–H and O–H groups in total. The van der Waals surface area contributed by atoms with Crippen molar-refractivity contribution in [2.45, 2.75) is 25.9 Å². The summed E-state index contributed by atoms with van der Waals surface area (Å²) < 4.78 is 24.0. The number of hydrogen-bond acceptors (Lipinski definition) is 4. The number of halogens is 1. The van der Waals surface area contributed by atoms with Gasteiger partial charge in [-0.15, -0.1) is 0 Å². The highest BCUT2D eigenvalue weighted by Crippen LogP contribution is 2.24. The van der Waals surface area contributed by atoms with Crippen LogP contribution in [-0.2, 0) is 11.4 Å². The van der Waals surface area contributed by atoms with E-state index in [0.717, 1.165) is 18.5 Å². The van der Waals surface area contributed by atoms with Gasteiger partial charge in [0.2, 0.25) is 5.91 Å². The average Bonchev–Trinajstić information content (AvgIpc) is 3.23. The van der Waals surface area contributed by atoms with Crippen LogP contribution in [0.25, 0.3) is 0 Å². The summed E-state index contributed by atoms with van der Waals surface area (Å²) in [5, 5.41) is 2.79. The van der Waals surface area contributed by atoms with E-state index in [4.69, 9.17) is 9.15 Å². The Kier molecular flexibility index (Phi) is 5.79. The minimum atomic E-state index is -0.398. The van der Waals surface area contributed by atoms with Crippen LogP contribution in [-0.4, -0.2) is 18.4 Å². The number of ether oxygens (including phenoxy) is 1. The first-order chi connectivity index (χ1) is 14.6. The summed E-state index contributed by atoms with van der Waals surface area (Å²) in [6.07, 6.45) is 2.43. The van der Waals surface area contributed by atoms with E-state index in [1.807, 2.05) is 6.07 Å². The van der Waals surface area contributed by atoms with E-state index in [2.05, 4.69) is 5.32 Å². The predicted molar refractivity (Wildman–Crippen MR) is 110 cm³/mol. The molecule has 1 aromatic heterocycles. The van der Waals surface area contributed by atoms with Crippen LogP contribution in [0.1, 0.15) is 35.6 Å². The SMILES string of the molecule is O=C(Nc1cccc(N2CCCCC2=O)c1)c1ccc(COc2ccc(F)cc2)o1. The van der Waals surface area contributed by atoms with Gasteiger partial charge >= 0.3 is 0 Å². The molecule has 1 aliphatic rings. The van der Waals surface area contributed by atoms with E-state index in [9.17, 15) is 14.0 Å². The zero-order valence-corrected chi connectivity index (χ0v) is 16.3. The first-order valence-electron chi connectivity index (χ1n) is 9.77. The molecule has 0 atom stereocenters. The number of furan rings is 1.